The molecule has 0 saturated carbocycles. The number of benzene rings is 1. The number of fused-ring (bicyclic) bond motifs is 1. The first kappa shape index (κ1) is 25.6. The molecule has 0 atom stereocenters. The van der Waals surface area contributed by atoms with Gasteiger partial charge < -0.3 is 20.4 Å². The molecule has 0 radical (unpaired) electrons. The highest BCUT2D eigenvalue weighted by Crippen LogP contribution is 2.31. The van der Waals surface area contributed by atoms with E-state index in [1.54, 1.807) is 31.3 Å². The number of pyridine rings is 1. The minimum Gasteiger partial charge on any atom is -0.450 e. The summed E-state index contributed by atoms with van der Waals surface area (Å²) in [6.45, 7) is 8.29. The van der Waals surface area contributed by atoms with Gasteiger partial charge in [-0.1, -0.05) is 12.6 Å². The van der Waals surface area contributed by atoms with Crippen LogP contribution in [0.1, 0.15) is 12.5 Å². The van der Waals surface area contributed by atoms with Crippen molar-refractivity contribution in [2.24, 2.45) is 10.7 Å². The van der Waals surface area contributed by atoms with E-state index >= 15 is 0 Å². The zero-order valence-corrected chi connectivity index (χ0v) is 20.9. The molecular weight excluding hydrogens is 472 g/mol. The SMILES string of the molecule is C=C(CN1CCN(C)C(=O)C1)N=C/C(=C\N)c1cc(-c2ccccn2)c2nc(NC(=O)OCC)[nH]c2c1. The number of aliphatic imine (C=N–C) groups is 1. The molecule has 1 aromatic carbocycles. The second-order valence-corrected chi connectivity index (χ2v) is 8.54. The van der Waals surface area contributed by atoms with Gasteiger partial charge in [0.05, 0.1) is 29.9 Å². The third kappa shape index (κ3) is 6.19. The van der Waals surface area contributed by atoms with E-state index in [2.05, 4.69) is 31.8 Å². The van der Waals surface area contributed by atoms with Crippen LogP contribution in [-0.4, -0.2) is 82.8 Å². The Hall–Kier alpha value is -4.51. The molecule has 11 heteroatoms. The van der Waals surface area contributed by atoms with E-state index in [0.29, 0.717) is 47.6 Å². The van der Waals surface area contributed by atoms with E-state index in [0.717, 1.165) is 17.7 Å². The van der Waals surface area contributed by atoms with Crippen molar-refractivity contribution in [1.29, 1.82) is 0 Å². The molecule has 2 amide bonds. The Morgan fingerprint density at radius 2 is 2.19 bits per heavy atom. The molecule has 11 nitrogen and oxygen atoms in total. The molecule has 0 bridgehead atoms. The summed E-state index contributed by atoms with van der Waals surface area (Å²) >= 11 is 0. The maximum absolute atomic E-state index is 12.0. The van der Waals surface area contributed by atoms with Crippen LogP contribution in [0.4, 0.5) is 10.7 Å². The minimum atomic E-state index is -0.601. The van der Waals surface area contributed by atoms with Gasteiger partial charge in [-0.15, -0.1) is 0 Å². The number of anilines is 1. The van der Waals surface area contributed by atoms with E-state index in [1.165, 1.54) is 6.20 Å². The Labute approximate surface area is 214 Å². The Balaban J connectivity index is 1.61. The molecule has 37 heavy (non-hydrogen) atoms. The summed E-state index contributed by atoms with van der Waals surface area (Å²) in [5.41, 5.74) is 10.8. The van der Waals surface area contributed by atoms with Crippen molar-refractivity contribution < 1.29 is 14.3 Å². The minimum absolute atomic E-state index is 0.0808. The van der Waals surface area contributed by atoms with E-state index < -0.39 is 6.09 Å². The summed E-state index contributed by atoms with van der Waals surface area (Å²) in [6.07, 6.45) is 4.22. The topological polar surface area (TPSA) is 142 Å². The number of ether oxygens (including phenoxy) is 1. The Morgan fingerprint density at radius 1 is 1.35 bits per heavy atom. The smallest absolute Gasteiger partial charge is 0.413 e. The van der Waals surface area contributed by atoms with Crippen molar-refractivity contribution >= 4 is 40.8 Å². The predicted molar refractivity (Wildman–Crippen MR) is 144 cm³/mol. The number of aromatic nitrogens is 3. The molecular formula is C26H30N8O3. The van der Waals surface area contributed by atoms with Crippen LogP contribution < -0.4 is 11.1 Å². The van der Waals surface area contributed by atoms with Gasteiger partial charge in [0, 0.05) is 62.1 Å². The quantitative estimate of drug-likeness (QED) is 0.402. The van der Waals surface area contributed by atoms with Crippen molar-refractivity contribution in [3.63, 3.8) is 0 Å². The molecule has 192 valence electrons. The van der Waals surface area contributed by atoms with Crippen molar-refractivity contribution in [2.75, 3.05) is 45.2 Å². The maximum Gasteiger partial charge on any atom is 0.413 e. The Bertz CT molecular complexity index is 1360. The van der Waals surface area contributed by atoms with Gasteiger partial charge >= 0.3 is 6.09 Å². The molecule has 1 saturated heterocycles. The molecule has 1 aliphatic rings. The number of rotatable bonds is 8. The number of likely N-dealkylation sites (N-methyl/N-ethyl adjacent to an activating group) is 1. The normalized spacial score (nSPS) is 14.9. The first-order valence-corrected chi connectivity index (χ1v) is 11.9. The van der Waals surface area contributed by atoms with Crippen molar-refractivity contribution in [3.8, 4) is 11.3 Å². The van der Waals surface area contributed by atoms with Gasteiger partial charge in [-0.3, -0.25) is 25.0 Å². The van der Waals surface area contributed by atoms with Crippen molar-refractivity contribution in [2.45, 2.75) is 6.92 Å². The van der Waals surface area contributed by atoms with Crippen LogP contribution in [0.5, 0.6) is 0 Å². The molecule has 0 unspecified atom stereocenters. The zero-order chi connectivity index (χ0) is 26.4. The number of hydrogen-bond acceptors (Lipinski definition) is 8. The number of nitrogens with zero attached hydrogens (tertiary/aromatic N) is 5. The van der Waals surface area contributed by atoms with Crippen molar-refractivity contribution in [1.82, 2.24) is 24.8 Å². The largest absolute Gasteiger partial charge is 0.450 e. The average molecular weight is 503 g/mol. The third-order valence-electron chi connectivity index (χ3n) is 5.86. The molecule has 0 aliphatic carbocycles. The number of carbonyl (C=O) groups excluding carboxylic acids is 2. The molecule has 3 heterocycles. The number of nitrogens with two attached hydrogens (primary N) is 1. The highest BCUT2D eigenvalue weighted by atomic mass is 16.5. The summed E-state index contributed by atoms with van der Waals surface area (Å²) in [4.78, 5) is 44.3. The van der Waals surface area contributed by atoms with Gasteiger partial charge in [-0.25, -0.2) is 9.78 Å². The fourth-order valence-corrected chi connectivity index (χ4v) is 3.94. The van der Waals surface area contributed by atoms with Gasteiger partial charge in [0.1, 0.15) is 0 Å². The number of imidazole rings is 1. The molecule has 1 aliphatic heterocycles. The number of allylic oxidation sites excluding steroid dienone is 1. The number of piperazine rings is 1. The molecule has 3 aromatic rings. The molecule has 1 fully saturated rings. The van der Waals surface area contributed by atoms with Crippen LogP contribution in [0.15, 0.2) is 60.0 Å². The number of H-pyrrole nitrogens is 1. The highest BCUT2D eigenvalue weighted by Gasteiger charge is 2.21. The lowest BCUT2D eigenvalue weighted by molar-refractivity contribution is -0.134. The number of carbonyl (C=O) groups is 2. The summed E-state index contributed by atoms with van der Waals surface area (Å²) in [5, 5.41) is 2.60. The first-order chi connectivity index (χ1) is 17.9. The third-order valence-corrected chi connectivity index (χ3v) is 5.86. The molecule has 4 N–H and O–H groups in total. The van der Waals surface area contributed by atoms with Gasteiger partial charge in [-0.2, -0.15) is 0 Å². The van der Waals surface area contributed by atoms with Crippen LogP contribution in [0.2, 0.25) is 0 Å². The van der Waals surface area contributed by atoms with E-state index in [1.807, 2.05) is 35.2 Å². The maximum atomic E-state index is 12.0. The average Bonchev–Trinajstić information content (AvgIpc) is 3.29. The van der Waals surface area contributed by atoms with Gasteiger partial charge in [-0.05, 0) is 36.8 Å². The Kier molecular flexibility index (Phi) is 7.94. The zero-order valence-electron chi connectivity index (χ0n) is 20.9. The fourth-order valence-electron chi connectivity index (χ4n) is 3.94. The van der Waals surface area contributed by atoms with Crippen LogP contribution in [0.25, 0.3) is 27.9 Å². The van der Waals surface area contributed by atoms with Crippen LogP contribution >= 0.6 is 0 Å². The van der Waals surface area contributed by atoms with Crippen LogP contribution in [-0.2, 0) is 9.53 Å². The van der Waals surface area contributed by atoms with E-state index in [-0.39, 0.29) is 18.5 Å². The lowest BCUT2D eigenvalue weighted by Gasteiger charge is -2.31. The van der Waals surface area contributed by atoms with Gasteiger partial charge in [0.25, 0.3) is 0 Å². The Morgan fingerprint density at radius 3 is 2.89 bits per heavy atom. The summed E-state index contributed by atoms with van der Waals surface area (Å²) in [6, 6.07) is 9.40. The number of aromatic amines is 1. The monoisotopic (exact) mass is 502 g/mol. The fraction of sp³-hybridized carbons (Fsp3) is 0.269. The van der Waals surface area contributed by atoms with E-state index in [9.17, 15) is 9.59 Å². The lowest BCUT2D eigenvalue weighted by Crippen LogP contribution is -2.48. The van der Waals surface area contributed by atoms with Crippen molar-refractivity contribution in [3.05, 3.63) is 60.6 Å². The van der Waals surface area contributed by atoms with E-state index in [4.69, 9.17) is 10.5 Å². The number of amides is 2. The second-order valence-electron chi connectivity index (χ2n) is 8.54. The summed E-state index contributed by atoms with van der Waals surface area (Å²) < 4.78 is 4.96. The first-order valence-electron chi connectivity index (χ1n) is 11.9. The second kappa shape index (κ2) is 11.5. The standard InChI is InChI=1S/C26H30N8O3/c1-4-37-26(36)32-25-30-22-12-18(11-20(24(22)31-25)21-7-5-6-8-28-21)19(13-27)14-29-17(2)15-34-10-9-33(3)23(35)16-34/h5-8,11-14H,2,4,9-10,15-16,27H2,1,3H3,(H2,30,31,32,36)/b19-13+,29-14?. The van der Waals surface area contributed by atoms with Gasteiger partial charge in [0.15, 0.2) is 0 Å². The molecule has 0 spiro atoms. The van der Waals surface area contributed by atoms with Crippen LogP contribution in [0, 0.1) is 0 Å². The highest BCUT2D eigenvalue weighted by molar-refractivity contribution is 6.12. The summed E-state index contributed by atoms with van der Waals surface area (Å²) in [7, 11) is 1.80. The molecule has 2 aromatic heterocycles. The van der Waals surface area contributed by atoms with Crippen LogP contribution in [0.3, 0.4) is 0 Å². The molecule has 4 rings (SSSR count). The number of hydrogen-bond donors (Lipinski definition) is 3. The lowest BCUT2D eigenvalue weighted by atomic mass is 10.0. The predicted octanol–water partition coefficient (Wildman–Crippen LogP) is 2.85. The summed E-state index contributed by atoms with van der Waals surface area (Å²) in [5.74, 6) is 0.335. The van der Waals surface area contributed by atoms with Gasteiger partial charge in [0.2, 0.25) is 11.9 Å². The number of nitrogens with one attached hydrogen (secondary N) is 2.